The molecule has 1 saturated carbocycles. The van der Waals surface area contributed by atoms with Gasteiger partial charge in [-0.3, -0.25) is 4.79 Å². The van der Waals surface area contributed by atoms with Crippen molar-refractivity contribution in [2.24, 2.45) is 5.92 Å². The van der Waals surface area contributed by atoms with Crippen molar-refractivity contribution in [3.63, 3.8) is 0 Å². The molecule has 4 rings (SSSR count). The molecule has 1 aromatic carbocycles. The third kappa shape index (κ3) is 4.27. The number of carbonyl (C=O) groups excluding carboxylic acids is 1. The maximum absolute atomic E-state index is 13.4. The molecule has 1 amide bonds. The van der Waals surface area contributed by atoms with Crippen LogP contribution in [0.25, 0.3) is 5.69 Å². The summed E-state index contributed by atoms with van der Waals surface area (Å²) in [6, 6.07) is 6.06. The minimum absolute atomic E-state index is 0.113. The fourth-order valence-corrected chi connectivity index (χ4v) is 4.79. The number of halogens is 1. The van der Waals surface area contributed by atoms with Gasteiger partial charge in [-0.15, -0.1) is 0 Å². The number of amides is 1. The van der Waals surface area contributed by atoms with Crippen LogP contribution in [-0.4, -0.2) is 39.7 Å². The van der Waals surface area contributed by atoms with Gasteiger partial charge < -0.3 is 15.2 Å². The van der Waals surface area contributed by atoms with E-state index in [1.807, 2.05) is 6.92 Å². The zero-order valence-corrected chi connectivity index (χ0v) is 17.4. The molecule has 1 fully saturated rings. The number of nitrogens with one attached hydrogen (secondary N) is 1. The fourth-order valence-electron chi connectivity index (χ4n) is 4.79. The van der Waals surface area contributed by atoms with Crippen molar-refractivity contribution in [1.82, 2.24) is 15.1 Å². The van der Waals surface area contributed by atoms with E-state index in [1.54, 1.807) is 16.8 Å². The maximum atomic E-state index is 13.4. The Morgan fingerprint density at radius 1 is 1.23 bits per heavy atom. The highest BCUT2D eigenvalue weighted by Crippen LogP contribution is 2.30. The average Bonchev–Trinajstić information content (AvgIpc) is 3.15. The molecule has 0 saturated heterocycles. The van der Waals surface area contributed by atoms with E-state index in [1.165, 1.54) is 12.1 Å². The Morgan fingerprint density at radius 3 is 2.73 bits per heavy atom. The number of aromatic nitrogens is 2. The molecule has 162 valence electrons. The third-order valence-electron chi connectivity index (χ3n) is 6.31. The zero-order valence-electron chi connectivity index (χ0n) is 17.4. The van der Waals surface area contributed by atoms with Crippen molar-refractivity contribution >= 4 is 5.91 Å². The largest absolute Gasteiger partial charge is 0.368 e. The number of ether oxygens (including phenoxy) is 1. The van der Waals surface area contributed by atoms with E-state index in [4.69, 9.17) is 4.74 Å². The van der Waals surface area contributed by atoms with Crippen molar-refractivity contribution in [2.75, 3.05) is 6.61 Å². The molecule has 1 unspecified atom stereocenters. The van der Waals surface area contributed by atoms with Gasteiger partial charge in [-0.1, -0.05) is 12.8 Å². The minimum atomic E-state index is -0.869. The molecule has 30 heavy (non-hydrogen) atoms. The Balaban J connectivity index is 1.60. The van der Waals surface area contributed by atoms with Gasteiger partial charge in [0, 0.05) is 29.8 Å². The van der Waals surface area contributed by atoms with Gasteiger partial charge in [-0.05, 0) is 69.7 Å². The summed E-state index contributed by atoms with van der Waals surface area (Å²) in [4.78, 5) is 13.2. The minimum Gasteiger partial charge on any atom is -0.368 e. The summed E-state index contributed by atoms with van der Waals surface area (Å²) in [6.07, 6.45) is 6.56. The summed E-state index contributed by atoms with van der Waals surface area (Å²) in [7, 11) is 0. The van der Waals surface area contributed by atoms with E-state index >= 15 is 0 Å². The van der Waals surface area contributed by atoms with Crippen molar-refractivity contribution < 1.29 is 19.0 Å². The molecule has 7 heteroatoms. The van der Waals surface area contributed by atoms with E-state index in [2.05, 4.69) is 10.4 Å². The lowest BCUT2D eigenvalue weighted by Gasteiger charge is -2.34. The first-order valence-electron chi connectivity index (χ1n) is 11.1. The van der Waals surface area contributed by atoms with Crippen LogP contribution in [0, 0.1) is 11.7 Å². The maximum Gasteiger partial charge on any atom is 0.272 e. The van der Waals surface area contributed by atoms with Gasteiger partial charge in [0.25, 0.3) is 5.91 Å². The van der Waals surface area contributed by atoms with E-state index in [0.717, 1.165) is 68.3 Å². The van der Waals surface area contributed by atoms with Crippen molar-refractivity contribution in [3.05, 3.63) is 47.0 Å². The Bertz CT molecular complexity index is 881. The summed E-state index contributed by atoms with van der Waals surface area (Å²) in [5, 5.41) is 18.2. The smallest absolute Gasteiger partial charge is 0.272 e. The second-order valence-corrected chi connectivity index (χ2v) is 8.24. The fraction of sp³-hybridized carbons (Fsp3) is 0.565. The predicted octanol–water partition coefficient (Wildman–Crippen LogP) is 3.53. The van der Waals surface area contributed by atoms with Crippen molar-refractivity contribution in [2.45, 2.75) is 70.6 Å². The van der Waals surface area contributed by atoms with Crippen LogP contribution in [0.3, 0.4) is 0 Å². The number of nitrogens with zero attached hydrogens (tertiary/aromatic N) is 2. The van der Waals surface area contributed by atoms with Crippen LogP contribution < -0.4 is 5.32 Å². The summed E-state index contributed by atoms with van der Waals surface area (Å²) in [6.45, 7) is 2.29. The molecule has 3 atom stereocenters. The van der Waals surface area contributed by atoms with Crippen LogP contribution in [0.2, 0.25) is 0 Å². The number of hydrogen-bond acceptors (Lipinski definition) is 4. The number of hydrogen-bond donors (Lipinski definition) is 2. The Morgan fingerprint density at radius 2 is 1.97 bits per heavy atom. The molecule has 6 nitrogen and oxygen atoms in total. The summed E-state index contributed by atoms with van der Waals surface area (Å²) >= 11 is 0. The topological polar surface area (TPSA) is 76.4 Å². The van der Waals surface area contributed by atoms with Crippen LogP contribution in [0.1, 0.15) is 67.2 Å². The number of benzene rings is 1. The van der Waals surface area contributed by atoms with Gasteiger partial charge in [-0.25, -0.2) is 9.07 Å². The normalized spacial score (nSPS) is 22.4. The standard InChI is InChI=1S/C23H30FN3O3/c1-2-30-23(29)17-7-3-5-9-19(17)25-22(28)21-18-8-4-6-10-20(18)27(26-21)16-13-11-15(24)12-14-16/h11-14,17,19,23,29H,2-10H2,1H3,(H,25,28)/t17-,19+,23?/m1/s1. The summed E-state index contributed by atoms with van der Waals surface area (Å²) < 4.78 is 20.6. The number of aliphatic hydroxyl groups excluding tert-OH is 1. The zero-order chi connectivity index (χ0) is 21.1. The van der Waals surface area contributed by atoms with Gasteiger partial charge in [0.1, 0.15) is 5.82 Å². The Labute approximate surface area is 176 Å². The Kier molecular flexibility index (Phi) is 6.49. The molecule has 2 N–H and O–H groups in total. The highest BCUT2D eigenvalue weighted by Gasteiger charge is 2.34. The molecule has 2 aliphatic rings. The number of fused-ring (bicyclic) bond motifs is 1. The molecule has 0 spiro atoms. The van der Waals surface area contributed by atoms with E-state index in [9.17, 15) is 14.3 Å². The predicted molar refractivity (Wildman–Crippen MR) is 111 cm³/mol. The molecule has 2 aliphatic carbocycles. The van der Waals surface area contributed by atoms with E-state index < -0.39 is 6.29 Å². The Hall–Kier alpha value is -2.25. The van der Waals surface area contributed by atoms with Crippen LogP contribution in [0.5, 0.6) is 0 Å². The van der Waals surface area contributed by atoms with E-state index in [0.29, 0.717) is 12.3 Å². The summed E-state index contributed by atoms with van der Waals surface area (Å²) in [5.74, 6) is -0.610. The summed E-state index contributed by atoms with van der Waals surface area (Å²) in [5.41, 5.74) is 3.23. The first kappa shape index (κ1) is 21.0. The van der Waals surface area contributed by atoms with Gasteiger partial charge in [-0.2, -0.15) is 5.10 Å². The number of carbonyl (C=O) groups is 1. The first-order chi connectivity index (χ1) is 14.6. The van der Waals surface area contributed by atoms with Crippen molar-refractivity contribution in [1.29, 1.82) is 0 Å². The lowest BCUT2D eigenvalue weighted by atomic mass is 9.83. The molecule has 0 aliphatic heterocycles. The van der Waals surface area contributed by atoms with Crippen LogP contribution in [0.4, 0.5) is 4.39 Å². The lowest BCUT2D eigenvalue weighted by molar-refractivity contribution is -0.142. The lowest BCUT2D eigenvalue weighted by Crippen LogP contribution is -2.47. The second-order valence-electron chi connectivity index (χ2n) is 8.24. The highest BCUT2D eigenvalue weighted by molar-refractivity contribution is 5.94. The van der Waals surface area contributed by atoms with Crippen molar-refractivity contribution in [3.8, 4) is 5.69 Å². The van der Waals surface area contributed by atoms with Gasteiger partial charge >= 0.3 is 0 Å². The monoisotopic (exact) mass is 415 g/mol. The quantitative estimate of drug-likeness (QED) is 0.708. The third-order valence-corrected chi connectivity index (χ3v) is 6.31. The second kappa shape index (κ2) is 9.27. The SMILES string of the molecule is CCOC(O)[C@@H]1CCCC[C@@H]1NC(=O)c1nn(-c2ccc(F)cc2)c2c1CCCC2. The van der Waals surface area contributed by atoms with Crippen LogP contribution in [-0.2, 0) is 17.6 Å². The van der Waals surface area contributed by atoms with Crippen LogP contribution >= 0.6 is 0 Å². The molecular formula is C23H30FN3O3. The van der Waals surface area contributed by atoms with Gasteiger partial charge in [0.05, 0.1) is 5.69 Å². The number of aliphatic hydroxyl groups is 1. The molecule has 1 aromatic heterocycles. The number of rotatable bonds is 6. The highest BCUT2D eigenvalue weighted by atomic mass is 19.1. The first-order valence-corrected chi connectivity index (χ1v) is 11.1. The van der Waals surface area contributed by atoms with Gasteiger partial charge in [0.2, 0.25) is 0 Å². The molecule has 2 aromatic rings. The molecular weight excluding hydrogens is 385 g/mol. The molecule has 1 heterocycles. The average molecular weight is 416 g/mol. The van der Waals surface area contributed by atoms with Gasteiger partial charge in [0.15, 0.2) is 12.0 Å². The van der Waals surface area contributed by atoms with E-state index in [-0.39, 0.29) is 23.7 Å². The molecule has 0 bridgehead atoms. The molecule has 0 radical (unpaired) electrons. The van der Waals surface area contributed by atoms with Crippen LogP contribution in [0.15, 0.2) is 24.3 Å².